The van der Waals surface area contributed by atoms with Crippen LogP contribution in [0, 0.1) is 11.3 Å². The van der Waals surface area contributed by atoms with E-state index in [1.54, 1.807) is 0 Å². The number of rotatable bonds is 3. The van der Waals surface area contributed by atoms with E-state index in [4.69, 9.17) is 5.26 Å². The molecule has 0 radical (unpaired) electrons. The molecule has 0 saturated carbocycles. The van der Waals surface area contributed by atoms with Crippen molar-refractivity contribution in [1.82, 2.24) is 4.98 Å². The lowest BCUT2D eigenvalue weighted by Crippen LogP contribution is -2.05. The van der Waals surface area contributed by atoms with Crippen molar-refractivity contribution < 1.29 is 5.11 Å². The summed E-state index contributed by atoms with van der Waals surface area (Å²) in [4.78, 5) is 3.05. The molecular weight excluding hydrogens is 248 g/mol. The molecule has 1 aromatic heterocycles. The van der Waals surface area contributed by atoms with Crippen molar-refractivity contribution in [3.05, 3.63) is 71.4 Å². The topological polar surface area (TPSA) is 59.8 Å². The van der Waals surface area contributed by atoms with Gasteiger partial charge in [-0.25, -0.2) is 0 Å². The third-order valence-corrected chi connectivity index (χ3v) is 3.55. The van der Waals surface area contributed by atoms with Gasteiger partial charge in [0.05, 0.1) is 6.61 Å². The standard InChI is InChI=1S/C17H14N2O/c18-10-15-9-14-8-13(6-7-17(14)19-15)16(11-20)12-4-2-1-3-5-12/h1-9,16,19-20H,11H2/t16-/m0/s1. The first-order valence-corrected chi connectivity index (χ1v) is 6.50. The van der Waals surface area contributed by atoms with Gasteiger partial charge >= 0.3 is 0 Å². The molecule has 0 amide bonds. The first kappa shape index (κ1) is 12.5. The molecule has 0 aliphatic heterocycles. The average molecular weight is 262 g/mol. The van der Waals surface area contributed by atoms with Gasteiger partial charge in [0.1, 0.15) is 11.8 Å². The number of nitrogens with zero attached hydrogens (tertiary/aromatic N) is 1. The number of nitriles is 1. The molecule has 98 valence electrons. The minimum Gasteiger partial charge on any atom is -0.395 e. The summed E-state index contributed by atoms with van der Waals surface area (Å²) in [5.41, 5.74) is 3.63. The van der Waals surface area contributed by atoms with Gasteiger partial charge in [0.15, 0.2) is 0 Å². The van der Waals surface area contributed by atoms with E-state index < -0.39 is 0 Å². The Balaban J connectivity index is 2.06. The number of aromatic nitrogens is 1. The van der Waals surface area contributed by atoms with Gasteiger partial charge in [-0.05, 0) is 29.3 Å². The Morgan fingerprint density at radius 2 is 1.85 bits per heavy atom. The molecule has 0 spiro atoms. The Morgan fingerprint density at radius 3 is 2.55 bits per heavy atom. The second kappa shape index (κ2) is 5.20. The highest BCUT2D eigenvalue weighted by molar-refractivity contribution is 5.82. The molecule has 0 bridgehead atoms. The monoisotopic (exact) mass is 262 g/mol. The molecule has 0 aliphatic rings. The molecule has 2 aromatic carbocycles. The SMILES string of the molecule is N#Cc1cc2cc([C@@H](CO)c3ccccc3)ccc2[nH]1. The fourth-order valence-corrected chi connectivity index (χ4v) is 2.52. The maximum atomic E-state index is 9.70. The third kappa shape index (κ3) is 2.18. The summed E-state index contributed by atoms with van der Waals surface area (Å²) >= 11 is 0. The van der Waals surface area contributed by atoms with Crippen LogP contribution in [-0.4, -0.2) is 16.7 Å². The number of benzene rings is 2. The summed E-state index contributed by atoms with van der Waals surface area (Å²) in [6, 6.07) is 19.9. The fraction of sp³-hybridized carbons (Fsp3) is 0.118. The van der Waals surface area contributed by atoms with Gasteiger partial charge in [-0.15, -0.1) is 0 Å². The van der Waals surface area contributed by atoms with Crippen LogP contribution in [0.25, 0.3) is 10.9 Å². The first-order chi connectivity index (χ1) is 9.81. The highest BCUT2D eigenvalue weighted by Crippen LogP contribution is 2.27. The van der Waals surface area contributed by atoms with Crippen molar-refractivity contribution in [3.8, 4) is 6.07 Å². The molecule has 0 unspecified atom stereocenters. The molecule has 1 heterocycles. The van der Waals surface area contributed by atoms with Gasteiger partial charge in [0.2, 0.25) is 0 Å². The predicted molar refractivity (Wildman–Crippen MR) is 78.4 cm³/mol. The Kier molecular flexibility index (Phi) is 3.24. The van der Waals surface area contributed by atoms with Crippen molar-refractivity contribution in [3.63, 3.8) is 0 Å². The van der Waals surface area contributed by atoms with Gasteiger partial charge in [-0.3, -0.25) is 0 Å². The van der Waals surface area contributed by atoms with Crippen LogP contribution in [0.15, 0.2) is 54.6 Å². The van der Waals surface area contributed by atoms with E-state index in [1.165, 1.54) is 0 Å². The summed E-state index contributed by atoms with van der Waals surface area (Å²) in [5.74, 6) is -0.0407. The van der Waals surface area contributed by atoms with Crippen LogP contribution in [0.5, 0.6) is 0 Å². The van der Waals surface area contributed by atoms with Crippen LogP contribution in [0.1, 0.15) is 22.7 Å². The number of nitrogens with one attached hydrogen (secondary N) is 1. The Bertz CT molecular complexity index is 769. The summed E-state index contributed by atoms with van der Waals surface area (Å²) in [6.07, 6.45) is 0. The van der Waals surface area contributed by atoms with Gasteiger partial charge in [-0.2, -0.15) is 5.26 Å². The largest absolute Gasteiger partial charge is 0.395 e. The molecule has 0 aliphatic carbocycles. The van der Waals surface area contributed by atoms with E-state index in [-0.39, 0.29) is 12.5 Å². The molecule has 1 atom stereocenters. The zero-order valence-corrected chi connectivity index (χ0v) is 10.9. The van der Waals surface area contributed by atoms with E-state index in [0.29, 0.717) is 5.69 Å². The van der Waals surface area contributed by atoms with Gasteiger partial charge in [0, 0.05) is 16.8 Å². The predicted octanol–water partition coefficient (Wildman–Crippen LogP) is 3.16. The molecule has 3 nitrogen and oxygen atoms in total. The normalized spacial score (nSPS) is 12.2. The van der Waals surface area contributed by atoms with Crippen molar-refractivity contribution in [2.45, 2.75) is 5.92 Å². The molecule has 20 heavy (non-hydrogen) atoms. The van der Waals surface area contributed by atoms with E-state index in [0.717, 1.165) is 22.0 Å². The summed E-state index contributed by atoms with van der Waals surface area (Å²) < 4.78 is 0. The number of aliphatic hydroxyl groups excluding tert-OH is 1. The minimum absolute atomic E-state index is 0.0407. The highest BCUT2D eigenvalue weighted by atomic mass is 16.3. The summed E-state index contributed by atoms with van der Waals surface area (Å²) in [5, 5.41) is 19.6. The smallest absolute Gasteiger partial charge is 0.118 e. The van der Waals surface area contributed by atoms with E-state index in [2.05, 4.69) is 11.1 Å². The minimum atomic E-state index is -0.0407. The molecule has 2 N–H and O–H groups in total. The number of aromatic amines is 1. The maximum absolute atomic E-state index is 9.70. The van der Waals surface area contributed by atoms with Gasteiger partial charge in [-0.1, -0.05) is 36.4 Å². The quantitative estimate of drug-likeness (QED) is 0.761. The van der Waals surface area contributed by atoms with Gasteiger partial charge < -0.3 is 10.1 Å². The van der Waals surface area contributed by atoms with E-state index in [1.807, 2.05) is 54.6 Å². The Labute approximate surface area is 117 Å². The van der Waals surface area contributed by atoms with Crippen LogP contribution in [0.3, 0.4) is 0 Å². The molecule has 3 aromatic rings. The molecule has 3 rings (SSSR count). The van der Waals surface area contributed by atoms with Crippen LogP contribution >= 0.6 is 0 Å². The fourth-order valence-electron chi connectivity index (χ4n) is 2.52. The number of aliphatic hydroxyl groups is 1. The Hall–Kier alpha value is -2.57. The van der Waals surface area contributed by atoms with E-state index >= 15 is 0 Å². The lowest BCUT2D eigenvalue weighted by atomic mass is 9.91. The molecule has 0 saturated heterocycles. The second-order valence-electron chi connectivity index (χ2n) is 4.79. The number of fused-ring (bicyclic) bond motifs is 1. The van der Waals surface area contributed by atoms with E-state index in [9.17, 15) is 5.11 Å². The van der Waals surface area contributed by atoms with Crippen LogP contribution in [0.4, 0.5) is 0 Å². The van der Waals surface area contributed by atoms with Crippen molar-refractivity contribution in [1.29, 1.82) is 5.26 Å². The van der Waals surface area contributed by atoms with Crippen molar-refractivity contribution in [2.75, 3.05) is 6.61 Å². The maximum Gasteiger partial charge on any atom is 0.118 e. The molecule has 3 heteroatoms. The zero-order valence-electron chi connectivity index (χ0n) is 10.9. The third-order valence-electron chi connectivity index (χ3n) is 3.55. The highest BCUT2D eigenvalue weighted by Gasteiger charge is 2.13. The zero-order chi connectivity index (χ0) is 13.9. The number of hydrogen-bond acceptors (Lipinski definition) is 2. The van der Waals surface area contributed by atoms with Crippen LogP contribution in [-0.2, 0) is 0 Å². The lowest BCUT2D eigenvalue weighted by Gasteiger charge is -2.15. The van der Waals surface area contributed by atoms with Crippen LogP contribution < -0.4 is 0 Å². The first-order valence-electron chi connectivity index (χ1n) is 6.50. The van der Waals surface area contributed by atoms with Gasteiger partial charge in [0.25, 0.3) is 0 Å². The van der Waals surface area contributed by atoms with Crippen molar-refractivity contribution in [2.24, 2.45) is 0 Å². The van der Waals surface area contributed by atoms with Crippen LogP contribution in [0.2, 0.25) is 0 Å². The lowest BCUT2D eigenvalue weighted by molar-refractivity contribution is 0.280. The summed E-state index contributed by atoms with van der Waals surface area (Å²) in [6.45, 7) is 0.0606. The number of hydrogen-bond donors (Lipinski definition) is 2. The Morgan fingerprint density at radius 1 is 1.05 bits per heavy atom. The number of H-pyrrole nitrogens is 1. The molecular formula is C17H14N2O. The summed E-state index contributed by atoms with van der Waals surface area (Å²) in [7, 11) is 0. The van der Waals surface area contributed by atoms with Crippen molar-refractivity contribution >= 4 is 10.9 Å². The second-order valence-corrected chi connectivity index (χ2v) is 4.79. The molecule has 0 fully saturated rings. The average Bonchev–Trinajstić information content (AvgIpc) is 2.91.